The van der Waals surface area contributed by atoms with E-state index in [1.807, 2.05) is 18.2 Å². The largest absolute Gasteiger partial charge is 0.493 e. The number of carboxylic acid groups (broad SMARTS) is 1. The van der Waals surface area contributed by atoms with Gasteiger partial charge >= 0.3 is 5.97 Å². The van der Waals surface area contributed by atoms with Crippen LogP contribution < -0.4 is 14.8 Å². The van der Waals surface area contributed by atoms with Gasteiger partial charge in [0.25, 0.3) is 0 Å². The zero-order chi connectivity index (χ0) is 17.5. The highest BCUT2D eigenvalue weighted by molar-refractivity contribution is 6.33. The molecule has 128 valence electrons. The number of ether oxygens (including phenoxy) is 2. The molecular weight excluding hydrogens is 330 g/mol. The van der Waals surface area contributed by atoms with Crippen LogP contribution in [0.25, 0.3) is 0 Å². The third-order valence-electron chi connectivity index (χ3n) is 3.64. The summed E-state index contributed by atoms with van der Waals surface area (Å²) in [5, 5.41) is 12.8. The minimum atomic E-state index is -0.922. The molecule has 0 saturated carbocycles. The molecule has 6 heteroatoms. The molecular formula is C18H20ClNO4. The van der Waals surface area contributed by atoms with Gasteiger partial charge in [0.15, 0.2) is 11.5 Å². The number of methoxy groups -OCH3 is 2. The van der Waals surface area contributed by atoms with Crippen molar-refractivity contribution in [3.8, 4) is 11.5 Å². The van der Waals surface area contributed by atoms with Gasteiger partial charge in [-0.05, 0) is 42.3 Å². The Bertz CT molecular complexity index is 718. The van der Waals surface area contributed by atoms with Crippen molar-refractivity contribution in [1.82, 2.24) is 5.32 Å². The van der Waals surface area contributed by atoms with Gasteiger partial charge in [0.2, 0.25) is 0 Å². The van der Waals surface area contributed by atoms with Gasteiger partial charge in [0.05, 0.1) is 24.8 Å². The third-order valence-corrected chi connectivity index (χ3v) is 4.05. The number of hydrogen-bond acceptors (Lipinski definition) is 4. The number of benzene rings is 2. The number of rotatable bonds is 8. The number of halogens is 1. The van der Waals surface area contributed by atoms with Crippen LogP contribution in [0.5, 0.6) is 11.5 Å². The maximum absolute atomic E-state index is 11.0. The number of nitrogens with one attached hydrogen (secondary N) is 1. The average molecular weight is 350 g/mol. The summed E-state index contributed by atoms with van der Waals surface area (Å²) in [7, 11) is 3.13. The third kappa shape index (κ3) is 4.40. The van der Waals surface area contributed by atoms with Crippen molar-refractivity contribution in [2.45, 2.75) is 13.0 Å². The molecule has 2 N–H and O–H groups in total. The maximum Gasteiger partial charge on any atom is 0.335 e. The first-order chi connectivity index (χ1) is 11.6. The summed E-state index contributed by atoms with van der Waals surface area (Å²) in [4.78, 5) is 11.0. The van der Waals surface area contributed by atoms with Crippen molar-refractivity contribution < 1.29 is 19.4 Å². The molecule has 0 fully saturated rings. The molecule has 0 aliphatic carbocycles. The molecule has 2 rings (SSSR count). The Hall–Kier alpha value is -2.24. The Balaban J connectivity index is 1.93. The van der Waals surface area contributed by atoms with Gasteiger partial charge < -0.3 is 19.9 Å². The lowest BCUT2D eigenvalue weighted by Crippen LogP contribution is -2.17. The lowest BCUT2D eigenvalue weighted by Gasteiger charge is -2.13. The van der Waals surface area contributed by atoms with Crippen LogP contribution in [0.15, 0.2) is 36.4 Å². The quantitative estimate of drug-likeness (QED) is 0.715. The molecule has 0 aliphatic rings. The van der Waals surface area contributed by atoms with E-state index in [0.29, 0.717) is 29.6 Å². The van der Waals surface area contributed by atoms with Crippen LogP contribution in [-0.2, 0) is 13.0 Å². The minimum absolute atomic E-state index is 0.289. The molecule has 0 unspecified atom stereocenters. The average Bonchev–Trinajstić information content (AvgIpc) is 2.59. The molecule has 0 atom stereocenters. The second-order valence-electron chi connectivity index (χ2n) is 5.21. The first-order valence-electron chi connectivity index (χ1n) is 7.49. The van der Waals surface area contributed by atoms with E-state index in [4.69, 9.17) is 26.2 Å². The summed E-state index contributed by atoms with van der Waals surface area (Å²) < 4.78 is 10.5. The lowest BCUT2D eigenvalue weighted by atomic mass is 10.1. The van der Waals surface area contributed by atoms with Crippen molar-refractivity contribution in [2.24, 2.45) is 0 Å². The lowest BCUT2D eigenvalue weighted by molar-refractivity contribution is 0.0696. The van der Waals surface area contributed by atoms with Crippen molar-refractivity contribution in [2.75, 3.05) is 20.8 Å². The van der Waals surface area contributed by atoms with Crippen molar-refractivity contribution in [1.29, 1.82) is 0 Å². The molecule has 24 heavy (non-hydrogen) atoms. The highest BCUT2D eigenvalue weighted by Crippen LogP contribution is 2.37. The van der Waals surface area contributed by atoms with Crippen molar-refractivity contribution in [3.63, 3.8) is 0 Å². The fraction of sp³-hybridized carbons (Fsp3) is 0.278. The van der Waals surface area contributed by atoms with Crippen LogP contribution in [0.1, 0.15) is 21.5 Å². The second kappa shape index (κ2) is 8.57. The summed E-state index contributed by atoms with van der Waals surface area (Å²) in [5.41, 5.74) is 2.17. The molecule has 0 saturated heterocycles. The fourth-order valence-electron chi connectivity index (χ4n) is 2.39. The number of carbonyl (C=O) groups is 1. The fourth-order valence-corrected chi connectivity index (χ4v) is 2.72. The summed E-state index contributed by atoms with van der Waals surface area (Å²) >= 11 is 6.35. The summed E-state index contributed by atoms with van der Waals surface area (Å²) in [6.07, 6.45) is 0.720. The predicted octanol–water partition coefficient (Wildman–Crippen LogP) is 3.39. The molecule has 2 aromatic rings. The predicted molar refractivity (Wildman–Crippen MR) is 93.4 cm³/mol. The van der Waals surface area contributed by atoms with Crippen LogP contribution in [0, 0.1) is 0 Å². The summed E-state index contributed by atoms with van der Waals surface area (Å²) in [6, 6.07) is 10.6. The van der Waals surface area contributed by atoms with E-state index in [1.54, 1.807) is 32.4 Å². The van der Waals surface area contributed by atoms with E-state index in [0.717, 1.165) is 17.5 Å². The number of hydrogen-bond donors (Lipinski definition) is 2. The van der Waals surface area contributed by atoms with Gasteiger partial charge in [0.1, 0.15) is 0 Å². The molecule has 0 aliphatic heterocycles. The molecule has 5 nitrogen and oxygen atoms in total. The zero-order valence-electron chi connectivity index (χ0n) is 13.6. The van der Waals surface area contributed by atoms with Crippen molar-refractivity contribution >= 4 is 17.6 Å². The van der Waals surface area contributed by atoms with E-state index in [2.05, 4.69) is 5.32 Å². The van der Waals surface area contributed by atoms with Gasteiger partial charge in [-0.2, -0.15) is 0 Å². The molecule has 0 spiro atoms. The molecule has 0 heterocycles. The Kier molecular flexibility index (Phi) is 6.46. The molecule has 0 amide bonds. The van der Waals surface area contributed by atoms with Crippen LogP contribution >= 0.6 is 11.6 Å². The Labute approximate surface area is 146 Å². The van der Waals surface area contributed by atoms with E-state index < -0.39 is 5.97 Å². The van der Waals surface area contributed by atoms with Gasteiger partial charge in [-0.1, -0.05) is 29.8 Å². The summed E-state index contributed by atoms with van der Waals surface area (Å²) in [5.74, 6) is 0.212. The Morgan fingerprint density at radius 2 is 2.00 bits per heavy atom. The number of carboxylic acids is 1. The van der Waals surface area contributed by atoms with Gasteiger partial charge in [0, 0.05) is 6.54 Å². The van der Waals surface area contributed by atoms with Crippen LogP contribution in [-0.4, -0.2) is 31.8 Å². The van der Waals surface area contributed by atoms with Crippen LogP contribution in [0.3, 0.4) is 0 Å². The van der Waals surface area contributed by atoms with Crippen LogP contribution in [0.4, 0.5) is 0 Å². The molecule has 2 aromatic carbocycles. The van der Waals surface area contributed by atoms with E-state index >= 15 is 0 Å². The smallest absolute Gasteiger partial charge is 0.335 e. The maximum atomic E-state index is 11.0. The van der Waals surface area contributed by atoms with Crippen molar-refractivity contribution in [3.05, 3.63) is 58.1 Å². The Morgan fingerprint density at radius 3 is 2.67 bits per heavy atom. The molecule has 0 bridgehead atoms. The highest BCUT2D eigenvalue weighted by Gasteiger charge is 2.12. The topological polar surface area (TPSA) is 67.8 Å². The number of aromatic carboxylic acids is 1. The van der Waals surface area contributed by atoms with E-state index in [9.17, 15) is 4.79 Å². The monoisotopic (exact) mass is 349 g/mol. The molecule has 0 aromatic heterocycles. The normalized spacial score (nSPS) is 10.5. The van der Waals surface area contributed by atoms with Crippen LogP contribution in [0.2, 0.25) is 5.02 Å². The zero-order valence-corrected chi connectivity index (χ0v) is 14.4. The van der Waals surface area contributed by atoms with Gasteiger partial charge in [-0.3, -0.25) is 0 Å². The Morgan fingerprint density at radius 1 is 1.21 bits per heavy atom. The van der Waals surface area contributed by atoms with E-state index in [1.165, 1.54) is 0 Å². The second-order valence-corrected chi connectivity index (χ2v) is 5.58. The first-order valence-corrected chi connectivity index (χ1v) is 7.87. The first kappa shape index (κ1) is 18.1. The minimum Gasteiger partial charge on any atom is -0.493 e. The molecule has 0 radical (unpaired) electrons. The van der Waals surface area contributed by atoms with Gasteiger partial charge in [-0.25, -0.2) is 4.79 Å². The standard InChI is InChI=1S/C18H20ClNO4/c1-23-15-7-6-13(16(19)17(15)24-2)8-9-20-11-12-4-3-5-14(10-12)18(21)22/h3-7,10,20H,8-9,11H2,1-2H3,(H,21,22). The summed E-state index contributed by atoms with van der Waals surface area (Å²) in [6.45, 7) is 1.29. The van der Waals surface area contributed by atoms with E-state index in [-0.39, 0.29) is 5.56 Å². The highest BCUT2D eigenvalue weighted by atomic mass is 35.5. The van der Waals surface area contributed by atoms with Gasteiger partial charge in [-0.15, -0.1) is 0 Å². The SMILES string of the molecule is COc1ccc(CCNCc2cccc(C(=O)O)c2)c(Cl)c1OC.